The molecule has 0 aromatic heterocycles. The van der Waals surface area contributed by atoms with Crippen LogP contribution < -0.4 is 14.8 Å². The van der Waals surface area contributed by atoms with Gasteiger partial charge in [-0.05, 0) is 108 Å². The molecule has 34 heavy (non-hydrogen) atoms. The highest BCUT2D eigenvalue weighted by Crippen LogP contribution is 2.38. The fraction of sp³-hybridized carbons (Fsp3) is 0.185. The average molecular weight is 587 g/mol. The number of carbonyl (C=O) groups is 1. The van der Waals surface area contributed by atoms with Gasteiger partial charge in [0.15, 0.2) is 11.5 Å². The summed E-state index contributed by atoms with van der Waals surface area (Å²) in [7, 11) is 0. The summed E-state index contributed by atoms with van der Waals surface area (Å²) in [6.07, 6.45) is 1.48. The number of hydrogen-bond acceptors (Lipinski definition) is 4. The summed E-state index contributed by atoms with van der Waals surface area (Å²) in [6, 6.07) is 18.9. The van der Waals surface area contributed by atoms with Crippen molar-refractivity contribution >= 4 is 51.9 Å². The second-order valence-corrected chi connectivity index (χ2v) is 9.25. The van der Waals surface area contributed by atoms with Crippen molar-refractivity contribution in [2.75, 3.05) is 11.9 Å². The Hall–Kier alpha value is -3.02. The molecule has 0 heterocycles. The summed E-state index contributed by atoms with van der Waals surface area (Å²) in [5.41, 5.74) is 4.30. The summed E-state index contributed by atoms with van der Waals surface area (Å²) in [4.78, 5) is 12.7. The van der Waals surface area contributed by atoms with E-state index in [4.69, 9.17) is 21.1 Å². The van der Waals surface area contributed by atoms with Crippen molar-refractivity contribution in [3.63, 3.8) is 0 Å². The van der Waals surface area contributed by atoms with E-state index in [0.29, 0.717) is 41.0 Å². The third kappa shape index (κ3) is 6.75. The first-order chi connectivity index (χ1) is 16.3. The molecule has 0 bridgehead atoms. The van der Waals surface area contributed by atoms with Crippen molar-refractivity contribution in [2.24, 2.45) is 0 Å². The Labute approximate surface area is 218 Å². The molecule has 0 spiro atoms. The van der Waals surface area contributed by atoms with Crippen molar-refractivity contribution in [3.8, 4) is 17.6 Å². The van der Waals surface area contributed by atoms with Crippen LogP contribution in [-0.2, 0) is 11.4 Å². The van der Waals surface area contributed by atoms with Crippen LogP contribution in [-0.4, -0.2) is 12.5 Å². The van der Waals surface area contributed by atoms with Gasteiger partial charge in [0.2, 0.25) is 0 Å². The Bertz CT molecular complexity index is 1260. The smallest absolute Gasteiger partial charge is 0.266 e. The molecule has 1 N–H and O–H groups in total. The highest BCUT2D eigenvalue weighted by atomic mass is 127. The van der Waals surface area contributed by atoms with Gasteiger partial charge in [0.1, 0.15) is 18.2 Å². The Morgan fingerprint density at radius 3 is 2.47 bits per heavy atom. The second-order valence-electron chi connectivity index (χ2n) is 7.60. The Morgan fingerprint density at radius 1 is 1.09 bits per heavy atom. The minimum absolute atomic E-state index is 0.0516. The first-order valence-electron chi connectivity index (χ1n) is 10.6. The molecule has 0 fully saturated rings. The molecule has 174 valence electrons. The van der Waals surface area contributed by atoms with Gasteiger partial charge in [0, 0.05) is 9.26 Å². The minimum Gasteiger partial charge on any atom is -0.490 e. The van der Waals surface area contributed by atoms with Crippen LogP contribution in [0, 0.1) is 28.7 Å². The fourth-order valence-corrected chi connectivity index (χ4v) is 3.78. The van der Waals surface area contributed by atoms with Crippen LogP contribution >= 0.6 is 34.2 Å². The van der Waals surface area contributed by atoms with E-state index in [2.05, 4.69) is 27.9 Å². The molecule has 0 saturated carbocycles. The Morgan fingerprint density at radius 2 is 1.82 bits per heavy atom. The maximum absolute atomic E-state index is 12.7. The molecule has 0 radical (unpaired) electrons. The predicted octanol–water partition coefficient (Wildman–Crippen LogP) is 7.08. The van der Waals surface area contributed by atoms with Crippen LogP contribution in [0.2, 0.25) is 5.02 Å². The van der Waals surface area contributed by atoms with Crippen molar-refractivity contribution in [1.82, 2.24) is 0 Å². The molecule has 3 rings (SSSR count). The number of nitriles is 1. The molecule has 3 aromatic rings. The summed E-state index contributed by atoms with van der Waals surface area (Å²) < 4.78 is 12.8. The molecule has 1 amide bonds. The molecule has 0 aliphatic rings. The van der Waals surface area contributed by atoms with Gasteiger partial charge in [-0.25, -0.2) is 0 Å². The van der Waals surface area contributed by atoms with E-state index in [-0.39, 0.29) is 5.57 Å². The lowest BCUT2D eigenvalue weighted by Crippen LogP contribution is -2.13. The van der Waals surface area contributed by atoms with E-state index in [0.717, 1.165) is 20.3 Å². The highest BCUT2D eigenvalue weighted by Gasteiger charge is 2.15. The molecule has 3 aromatic carbocycles. The minimum atomic E-state index is -0.501. The third-order valence-electron chi connectivity index (χ3n) is 5.07. The molecular weight excluding hydrogens is 563 g/mol. The predicted molar refractivity (Wildman–Crippen MR) is 144 cm³/mol. The number of aryl methyl sites for hydroxylation is 2. The van der Waals surface area contributed by atoms with Gasteiger partial charge in [-0.3, -0.25) is 4.79 Å². The van der Waals surface area contributed by atoms with E-state index >= 15 is 0 Å². The number of amides is 1. The van der Waals surface area contributed by atoms with Crippen molar-refractivity contribution in [2.45, 2.75) is 27.4 Å². The first kappa shape index (κ1) is 25.6. The lowest BCUT2D eigenvalue weighted by molar-refractivity contribution is -0.112. The summed E-state index contributed by atoms with van der Waals surface area (Å²) in [6.45, 7) is 6.55. The van der Waals surface area contributed by atoms with Crippen molar-refractivity contribution < 1.29 is 14.3 Å². The molecule has 0 aliphatic carbocycles. The van der Waals surface area contributed by atoms with Crippen LogP contribution in [0.3, 0.4) is 0 Å². The molecule has 0 unspecified atom stereocenters. The Balaban J connectivity index is 1.84. The molecule has 5 nitrogen and oxygen atoms in total. The van der Waals surface area contributed by atoms with E-state index in [1.165, 1.54) is 6.08 Å². The topological polar surface area (TPSA) is 71.3 Å². The lowest BCUT2D eigenvalue weighted by atomic mass is 10.1. The van der Waals surface area contributed by atoms with Crippen molar-refractivity contribution in [3.05, 3.63) is 91.0 Å². The van der Waals surface area contributed by atoms with Gasteiger partial charge in [-0.15, -0.1) is 0 Å². The quantitative estimate of drug-likeness (QED) is 0.174. The number of ether oxygens (including phenoxy) is 2. The molecule has 7 heteroatoms. The maximum Gasteiger partial charge on any atom is 0.266 e. The third-order valence-corrected chi connectivity index (χ3v) is 6.07. The maximum atomic E-state index is 12.7. The number of nitrogens with zero attached hydrogens (tertiary/aromatic N) is 1. The van der Waals surface area contributed by atoms with E-state index in [9.17, 15) is 10.1 Å². The van der Waals surface area contributed by atoms with E-state index < -0.39 is 5.91 Å². The zero-order chi connectivity index (χ0) is 24.7. The average Bonchev–Trinajstić information content (AvgIpc) is 2.80. The molecule has 0 atom stereocenters. The number of benzene rings is 3. The van der Waals surface area contributed by atoms with Crippen LogP contribution in [0.5, 0.6) is 11.5 Å². The number of rotatable bonds is 8. The van der Waals surface area contributed by atoms with Crippen LogP contribution in [0.25, 0.3) is 6.08 Å². The largest absolute Gasteiger partial charge is 0.490 e. The number of hydrogen-bond donors (Lipinski definition) is 1. The van der Waals surface area contributed by atoms with Gasteiger partial charge in [-0.2, -0.15) is 5.26 Å². The summed E-state index contributed by atoms with van der Waals surface area (Å²) in [5, 5.41) is 12.7. The fourth-order valence-electron chi connectivity index (χ4n) is 3.14. The molecule has 0 aliphatic heterocycles. The monoisotopic (exact) mass is 586 g/mol. The van der Waals surface area contributed by atoms with Crippen molar-refractivity contribution in [1.29, 1.82) is 5.26 Å². The number of nitrogens with one attached hydrogen (secondary N) is 1. The first-order valence-corrected chi connectivity index (χ1v) is 12.1. The Kier molecular flexibility index (Phi) is 8.97. The van der Waals surface area contributed by atoms with Gasteiger partial charge in [-0.1, -0.05) is 29.8 Å². The van der Waals surface area contributed by atoms with Gasteiger partial charge < -0.3 is 14.8 Å². The number of carbonyl (C=O) groups excluding carboxylic acids is 1. The molecule has 0 saturated heterocycles. The summed E-state index contributed by atoms with van der Waals surface area (Å²) >= 11 is 8.76. The molecular formula is C27H24ClIN2O3. The second kappa shape index (κ2) is 11.9. The van der Waals surface area contributed by atoms with Crippen LogP contribution in [0.1, 0.15) is 29.2 Å². The van der Waals surface area contributed by atoms with Gasteiger partial charge >= 0.3 is 0 Å². The van der Waals surface area contributed by atoms with E-state index in [1.54, 1.807) is 18.2 Å². The zero-order valence-corrected chi connectivity index (χ0v) is 22.0. The normalized spacial score (nSPS) is 11.0. The van der Waals surface area contributed by atoms with Crippen LogP contribution in [0.15, 0.2) is 60.2 Å². The number of halogens is 2. The zero-order valence-electron chi connectivity index (χ0n) is 19.1. The standard InChI is InChI=1S/C27H24ClIN2O3/c1-4-33-25-14-20(13-24(28)26(25)34-16-19-6-8-22(29)9-7-19)12-21(15-30)27(32)31-23-10-5-17(2)18(3)11-23/h5-14H,4,16H2,1-3H3,(H,31,32)/b21-12+. The van der Waals surface area contributed by atoms with E-state index in [1.807, 2.05) is 63.2 Å². The SMILES string of the molecule is CCOc1cc(/C=C(\C#N)C(=O)Nc2ccc(C)c(C)c2)cc(Cl)c1OCc1ccc(I)cc1. The van der Waals surface area contributed by atoms with Crippen LogP contribution in [0.4, 0.5) is 5.69 Å². The van der Waals surface area contributed by atoms with Gasteiger partial charge in [0.25, 0.3) is 5.91 Å². The lowest BCUT2D eigenvalue weighted by Gasteiger charge is -2.15. The number of anilines is 1. The summed E-state index contributed by atoms with van der Waals surface area (Å²) in [5.74, 6) is 0.356. The van der Waals surface area contributed by atoms with Gasteiger partial charge in [0.05, 0.1) is 11.6 Å². The highest BCUT2D eigenvalue weighted by molar-refractivity contribution is 14.1.